The second-order valence-electron chi connectivity index (χ2n) is 7.69. The molecule has 32 heavy (non-hydrogen) atoms. The highest BCUT2D eigenvalue weighted by atomic mass is 32.1. The number of carbonyl (C=O) groups is 2. The van der Waals surface area contributed by atoms with Gasteiger partial charge in [-0.2, -0.15) is 11.3 Å². The van der Waals surface area contributed by atoms with Crippen molar-refractivity contribution in [3.05, 3.63) is 76.2 Å². The summed E-state index contributed by atoms with van der Waals surface area (Å²) in [4.78, 5) is 30.6. The summed E-state index contributed by atoms with van der Waals surface area (Å²) in [6.07, 6.45) is 3.07. The Morgan fingerprint density at radius 1 is 1.09 bits per heavy atom. The number of nitrogens with one attached hydrogen (secondary N) is 2. The average Bonchev–Trinajstić information content (AvgIpc) is 3.29. The zero-order chi connectivity index (χ0) is 23.1. The monoisotopic (exact) mass is 452 g/mol. The minimum atomic E-state index is -0.603. The molecular weight excluding hydrogens is 424 g/mol. The number of pyridine rings is 1. The van der Waals surface area contributed by atoms with Crippen LogP contribution in [0, 0.1) is 0 Å². The van der Waals surface area contributed by atoms with Crippen molar-refractivity contribution >= 4 is 34.6 Å². The molecule has 9 heteroatoms. The molecule has 0 aliphatic rings. The van der Waals surface area contributed by atoms with Crippen LogP contribution >= 0.6 is 11.3 Å². The number of carbonyl (C=O) groups excluding carboxylic acids is 2. The van der Waals surface area contributed by atoms with Crippen LogP contribution < -0.4 is 22.1 Å². The highest BCUT2D eigenvalue weighted by Crippen LogP contribution is 2.29. The van der Waals surface area contributed by atoms with Crippen LogP contribution in [0.5, 0.6) is 0 Å². The van der Waals surface area contributed by atoms with Crippen LogP contribution in [0.1, 0.15) is 46.5 Å². The molecule has 0 aliphatic carbocycles. The first-order valence-corrected chi connectivity index (χ1v) is 11.2. The molecule has 3 rings (SSSR count). The lowest BCUT2D eigenvalue weighted by molar-refractivity contribution is 0.102. The summed E-state index contributed by atoms with van der Waals surface area (Å²) in [7, 11) is 4.07. The van der Waals surface area contributed by atoms with Gasteiger partial charge >= 0.3 is 6.03 Å². The van der Waals surface area contributed by atoms with Gasteiger partial charge in [-0.25, -0.2) is 4.79 Å². The highest BCUT2D eigenvalue weighted by Gasteiger charge is 2.20. The number of nitrogens with two attached hydrogens (primary N) is 2. The van der Waals surface area contributed by atoms with Gasteiger partial charge in [0, 0.05) is 12.2 Å². The summed E-state index contributed by atoms with van der Waals surface area (Å²) in [5, 5.41) is 9.74. The molecule has 2 atom stereocenters. The van der Waals surface area contributed by atoms with Gasteiger partial charge in [-0.1, -0.05) is 18.2 Å². The number of hydrogen-bond donors (Lipinski definition) is 4. The van der Waals surface area contributed by atoms with Crippen LogP contribution in [-0.4, -0.2) is 35.9 Å². The molecule has 2 unspecified atom stereocenters. The van der Waals surface area contributed by atoms with E-state index in [1.165, 1.54) is 5.56 Å². The normalized spacial score (nSPS) is 12.8. The van der Waals surface area contributed by atoms with Crippen LogP contribution in [0.2, 0.25) is 0 Å². The van der Waals surface area contributed by atoms with Crippen molar-refractivity contribution in [3.8, 4) is 0 Å². The van der Waals surface area contributed by atoms with Gasteiger partial charge in [-0.3, -0.25) is 9.78 Å². The Bertz CT molecular complexity index is 1040. The predicted molar refractivity (Wildman–Crippen MR) is 128 cm³/mol. The molecule has 0 fully saturated rings. The Kier molecular flexibility index (Phi) is 7.80. The third-order valence-electron chi connectivity index (χ3n) is 5.23. The summed E-state index contributed by atoms with van der Waals surface area (Å²) in [5.74, 6) is -0.362. The smallest absolute Gasteiger partial charge is 0.312 e. The number of aromatic nitrogens is 1. The zero-order valence-corrected chi connectivity index (χ0v) is 18.9. The van der Waals surface area contributed by atoms with E-state index in [9.17, 15) is 9.59 Å². The van der Waals surface area contributed by atoms with Crippen molar-refractivity contribution in [1.82, 2.24) is 15.2 Å². The van der Waals surface area contributed by atoms with E-state index in [4.69, 9.17) is 11.5 Å². The van der Waals surface area contributed by atoms with Crippen molar-refractivity contribution in [1.29, 1.82) is 0 Å². The van der Waals surface area contributed by atoms with Crippen molar-refractivity contribution in [2.45, 2.75) is 24.9 Å². The molecule has 0 spiro atoms. The Morgan fingerprint density at radius 3 is 2.47 bits per heavy atom. The number of urea groups is 1. The van der Waals surface area contributed by atoms with Crippen LogP contribution in [0.15, 0.2) is 59.4 Å². The lowest BCUT2D eigenvalue weighted by atomic mass is 9.97. The number of benzene rings is 1. The lowest BCUT2D eigenvalue weighted by Gasteiger charge is -2.26. The van der Waals surface area contributed by atoms with E-state index >= 15 is 0 Å². The summed E-state index contributed by atoms with van der Waals surface area (Å²) >= 11 is 1.66. The molecule has 168 valence electrons. The molecule has 3 amide bonds. The number of nitrogens with zero attached hydrogens (tertiary/aromatic N) is 2. The van der Waals surface area contributed by atoms with Gasteiger partial charge in [0.2, 0.25) is 0 Å². The van der Waals surface area contributed by atoms with E-state index in [2.05, 4.69) is 37.3 Å². The van der Waals surface area contributed by atoms with Gasteiger partial charge in [-0.15, -0.1) is 0 Å². The first-order chi connectivity index (χ1) is 15.3. The Balaban J connectivity index is 1.71. The van der Waals surface area contributed by atoms with Crippen LogP contribution in [0.25, 0.3) is 0 Å². The van der Waals surface area contributed by atoms with E-state index in [1.807, 2.05) is 14.1 Å². The first-order valence-electron chi connectivity index (χ1n) is 10.2. The van der Waals surface area contributed by atoms with E-state index in [-0.39, 0.29) is 23.7 Å². The van der Waals surface area contributed by atoms with Gasteiger partial charge in [0.05, 0.1) is 17.4 Å². The molecule has 0 saturated carbocycles. The highest BCUT2D eigenvalue weighted by molar-refractivity contribution is 7.07. The number of primary amides is 1. The average molecular weight is 453 g/mol. The van der Waals surface area contributed by atoms with Gasteiger partial charge in [0.15, 0.2) is 0 Å². The van der Waals surface area contributed by atoms with Crippen molar-refractivity contribution in [3.63, 3.8) is 0 Å². The number of anilines is 2. The summed E-state index contributed by atoms with van der Waals surface area (Å²) in [6.45, 7) is 0. The second kappa shape index (κ2) is 10.7. The van der Waals surface area contributed by atoms with Gasteiger partial charge in [0.25, 0.3) is 5.91 Å². The number of rotatable bonds is 9. The maximum atomic E-state index is 12.5. The largest absolute Gasteiger partial charge is 0.397 e. The minimum Gasteiger partial charge on any atom is -0.397 e. The van der Waals surface area contributed by atoms with Crippen LogP contribution in [0.4, 0.5) is 16.2 Å². The fourth-order valence-corrected chi connectivity index (χ4v) is 4.26. The van der Waals surface area contributed by atoms with Crippen molar-refractivity contribution in [2.24, 2.45) is 5.73 Å². The summed E-state index contributed by atoms with van der Waals surface area (Å²) in [5.41, 5.74) is 14.6. The van der Waals surface area contributed by atoms with E-state index in [0.29, 0.717) is 17.8 Å². The Hall–Kier alpha value is -3.43. The topological polar surface area (TPSA) is 126 Å². The fraction of sp³-hybridized carbons (Fsp3) is 0.261. The number of nitrogen functional groups attached to an aromatic ring is 1. The molecule has 3 aromatic rings. The van der Waals surface area contributed by atoms with E-state index in [1.54, 1.807) is 53.9 Å². The third kappa shape index (κ3) is 6.05. The molecule has 1 aromatic carbocycles. The standard InChI is InChI=1S/C23H28N6O2S/c1-29(2)21(16-11-12-32-14-16)10-9-18(28-23(25)31)15-7-8-20(26-13-15)22(30)27-19-6-4-3-5-17(19)24/h3-8,11-14,18,21H,9-10,24H2,1-2H3,(H,27,30)(H3,25,28,31). The fourth-order valence-electron chi connectivity index (χ4n) is 3.55. The zero-order valence-electron chi connectivity index (χ0n) is 18.1. The number of para-hydroxylation sites is 2. The van der Waals surface area contributed by atoms with Crippen LogP contribution in [-0.2, 0) is 0 Å². The van der Waals surface area contributed by atoms with Crippen molar-refractivity contribution < 1.29 is 9.59 Å². The minimum absolute atomic E-state index is 0.216. The van der Waals surface area contributed by atoms with Gasteiger partial charge in [-0.05, 0) is 73.1 Å². The molecule has 6 N–H and O–H groups in total. The molecule has 0 aliphatic heterocycles. The first kappa shape index (κ1) is 23.2. The molecular formula is C23H28N6O2S. The Labute approximate surface area is 191 Å². The van der Waals surface area contributed by atoms with Gasteiger partial charge < -0.3 is 27.0 Å². The SMILES string of the molecule is CN(C)C(CCC(NC(N)=O)c1ccc(C(=O)Nc2ccccc2N)nc1)c1ccsc1. The maximum absolute atomic E-state index is 12.5. The van der Waals surface area contributed by atoms with E-state index in [0.717, 1.165) is 12.0 Å². The quantitative estimate of drug-likeness (QED) is 0.368. The molecule has 0 saturated heterocycles. The number of hydrogen-bond acceptors (Lipinski definition) is 6. The van der Waals surface area contributed by atoms with Gasteiger partial charge in [0.1, 0.15) is 5.69 Å². The van der Waals surface area contributed by atoms with Crippen LogP contribution in [0.3, 0.4) is 0 Å². The summed E-state index contributed by atoms with van der Waals surface area (Å²) < 4.78 is 0. The second-order valence-corrected chi connectivity index (χ2v) is 8.47. The molecule has 8 nitrogen and oxygen atoms in total. The molecule has 0 radical (unpaired) electrons. The lowest BCUT2D eigenvalue weighted by Crippen LogP contribution is -2.34. The van der Waals surface area contributed by atoms with E-state index < -0.39 is 6.03 Å². The number of thiophene rings is 1. The Morgan fingerprint density at radius 2 is 1.88 bits per heavy atom. The molecule has 2 heterocycles. The maximum Gasteiger partial charge on any atom is 0.312 e. The summed E-state index contributed by atoms with van der Waals surface area (Å²) in [6, 6.07) is 11.8. The number of amides is 3. The third-order valence-corrected chi connectivity index (χ3v) is 5.93. The molecule has 2 aromatic heterocycles. The van der Waals surface area contributed by atoms with Crippen molar-refractivity contribution in [2.75, 3.05) is 25.1 Å². The predicted octanol–water partition coefficient (Wildman–Crippen LogP) is 3.77. The molecule has 0 bridgehead atoms.